The molecule has 0 saturated carbocycles. The van der Waals surface area contributed by atoms with Crippen LogP contribution in [0, 0.1) is 17.0 Å². The monoisotopic (exact) mass is 667 g/mol. The average Bonchev–Trinajstić information content (AvgIpc) is 3.02. The van der Waals surface area contributed by atoms with Crippen LogP contribution in [-0.2, 0) is 23.9 Å². The van der Waals surface area contributed by atoms with Gasteiger partial charge in [-0.2, -0.15) is 0 Å². The Kier molecular flexibility index (Phi) is 11.5. The Morgan fingerprint density at radius 1 is 0.936 bits per heavy atom. The normalized spacial score (nSPS) is 16.6. The highest BCUT2D eigenvalue weighted by atomic mass is 32.2. The van der Waals surface area contributed by atoms with Gasteiger partial charge < -0.3 is 25.4 Å². The topological polar surface area (TPSA) is 145 Å². The van der Waals surface area contributed by atoms with E-state index in [0.717, 1.165) is 11.8 Å². The molecule has 248 valence electrons. The first kappa shape index (κ1) is 35.2. The maximum Gasteiger partial charge on any atom is 0.333 e. The minimum atomic E-state index is -0.973. The van der Waals surface area contributed by atoms with Crippen LogP contribution in [-0.4, -0.2) is 59.7 Å². The highest BCUT2D eigenvalue weighted by Crippen LogP contribution is 2.45. The fourth-order valence-corrected chi connectivity index (χ4v) is 6.04. The molecular formula is C34H35F2N3O7S. The molecule has 3 aromatic carbocycles. The number of carbonyl (C=O) groups excluding carboxylic acids is 5. The van der Waals surface area contributed by atoms with Gasteiger partial charge >= 0.3 is 11.9 Å². The summed E-state index contributed by atoms with van der Waals surface area (Å²) in [6.45, 7) is 4.70. The number of halogens is 2. The number of hydrogen-bond donors (Lipinski definition) is 2. The number of esters is 2. The van der Waals surface area contributed by atoms with E-state index in [1.165, 1.54) is 53.4 Å². The lowest BCUT2D eigenvalue weighted by Crippen LogP contribution is -2.57. The zero-order chi connectivity index (χ0) is 34.3. The Morgan fingerprint density at radius 2 is 1.53 bits per heavy atom. The minimum Gasteiger partial charge on any atom is -0.484 e. The Labute approximate surface area is 275 Å². The number of amides is 2. The summed E-state index contributed by atoms with van der Waals surface area (Å²) in [5.74, 6) is -3.58. The molecule has 1 saturated heterocycles. The molecule has 1 heterocycles. The lowest BCUT2D eigenvalue weighted by molar-refractivity contribution is -0.161. The van der Waals surface area contributed by atoms with Crippen LogP contribution in [0.15, 0.2) is 72.8 Å². The van der Waals surface area contributed by atoms with Crippen LogP contribution < -0.4 is 20.7 Å². The fraction of sp³-hybridized carbons (Fsp3) is 0.324. The van der Waals surface area contributed by atoms with Gasteiger partial charge in [-0.1, -0.05) is 32.9 Å². The van der Waals surface area contributed by atoms with Crippen molar-refractivity contribution in [1.82, 2.24) is 5.32 Å². The molecule has 0 radical (unpaired) electrons. The van der Waals surface area contributed by atoms with Crippen molar-refractivity contribution in [1.29, 1.82) is 0 Å². The van der Waals surface area contributed by atoms with E-state index in [4.69, 9.17) is 15.2 Å². The standard InChI is InChI=1S/C34H35F2N3O7S/c1-34(2,3)16-26(37)33(44)46-29(42)17-38-28(41)18-45-25-14-6-21(7-15-25)30-31(32(43)39(30)24-12-10-23(36)11-13-24)47-19-27(40)20-4-8-22(35)9-5-20/h4-15,26,30-31H,16-19,37H2,1-3H3,(H,38,41)/t26-,30+,31+/m0/s1. The maximum absolute atomic E-state index is 13.6. The summed E-state index contributed by atoms with van der Waals surface area (Å²) < 4.78 is 37.1. The van der Waals surface area contributed by atoms with Gasteiger partial charge in [0.15, 0.2) is 12.4 Å². The van der Waals surface area contributed by atoms with Gasteiger partial charge in [-0.15, -0.1) is 11.8 Å². The number of thioether (sulfide) groups is 1. The fourth-order valence-electron chi connectivity index (χ4n) is 4.82. The van der Waals surface area contributed by atoms with E-state index in [1.54, 1.807) is 24.3 Å². The first-order valence-corrected chi connectivity index (χ1v) is 15.8. The van der Waals surface area contributed by atoms with Gasteiger partial charge in [-0.3, -0.25) is 14.4 Å². The maximum atomic E-state index is 13.6. The predicted octanol–water partition coefficient (Wildman–Crippen LogP) is 4.37. The van der Waals surface area contributed by atoms with E-state index in [-0.39, 0.29) is 22.9 Å². The summed E-state index contributed by atoms with van der Waals surface area (Å²) in [5.41, 5.74) is 7.05. The van der Waals surface area contributed by atoms with Crippen LogP contribution in [0.3, 0.4) is 0 Å². The summed E-state index contributed by atoms with van der Waals surface area (Å²) in [7, 11) is 0. The molecule has 0 bridgehead atoms. The number of nitrogens with one attached hydrogen (secondary N) is 1. The molecule has 13 heteroatoms. The molecule has 0 spiro atoms. The van der Waals surface area contributed by atoms with Crippen LogP contribution in [0.5, 0.6) is 5.75 Å². The highest BCUT2D eigenvalue weighted by molar-refractivity contribution is 8.01. The lowest BCUT2D eigenvalue weighted by atomic mass is 9.88. The van der Waals surface area contributed by atoms with Crippen LogP contribution in [0.1, 0.15) is 49.2 Å². The number of ether oxygens (including phenoxy) is 2. The van der Waals surface area contributed by atoms with Crippen molar-refractivity contribution in [2.45, 2.75) is 44.5 Å². The van der Waals surface area contributed by atoms with E-state index >= 15 is 0 Å². The zero-order valence-corrected chi connectivity index (χ0v) is 26.9. The Morgan fingerprint density at radius 3 is 2.13 bits per heavy atom. The van der Waals surface area contributed by atoms with Crippen LogP contribution in [0.25, 0.3) is 0 Å². The molecule has 3 atom stereocenters. The van der Waals surface area contributed by atoms with Gasteiger partial charge in [0.2, 0.25) is 5.91 Å². The van der Waals surface area contributed by atoms with E-state index in [0.29, 0.717) is 29.0 Å². The lowest BCUT2D eigenvalue weighted by Gasteiger charge is -2.47. The van der Waals surface area contributed by atoms with Crippen molar-refractivity contribution >= 4 is 47.0 Å². The zero-order valence-electron chi connectivity index (χ0n) is 26.0. The number of β-lactam (4-membered cyclic amide) rings is 1. The van der Waals surface area contributed by atoms with E-state index in [1.807, 2.05) is 20.8 Å². The summed E-state index contributed by atoms with van der Waals surface area (Å²) in [4.78, 5) is 63.7. The molecule has 0 aromatic heterocycles. The summed E-state index contributed by atoms with van der Waals surface area (Å²) in [6, 6.07) is 15.8. The molecule has 47 heavy (non-hydrogen) atoms. The predicted molar refractivity (Wildman–Crippen MR) is 172 cm³/mol. The van der Waals surface area contributed by atoms with Crippen molar-refractivity contribution in [3.63, 3.8) is 0 Å². The van der Waals surface area contributed by atoms with Crippen LogP contribution in [0.4, 0.5) is 14.5 Å². The van der Waals surface area contributed by atoms with Gasteiger partial charge in [0.05, 0.1) is 11.8 Å². The van der Waals surface area contributed by atoms with E-state index in [9.17, 15) is 32.8 Å². The second-order valence-electron chi connectivity index (χ2n) is 12.1. The molecule has 1 aliphatic heterocycles. The SMILES string of the molecule is CC(C)(C)C[C@H](N)C(=O)OC(=O)CNC(=O)COc1ccc([C@@H]2[C@@H](SCC(=O)c3ccc(F)cc3)C(=O)N2c2ccc(F)cc2)cc1. The highest BCUT2D eigenvalue weighted by Gasteiger charge is 2.49. The van der Waals surface area contributed by atoms with Gasteiger partial charge in [-0.25, -0.2) is 18.4 Å². The van der Waals surface area contributed by atoms with E-state index in [2.05, 4.69) is 5.32 Å². The van der Waals surface area contributed by atoms with Crippen LogP contribution in [0.2, 0.25) is 0 Å². The van der Waals surface area contributed by atoms with Crippen molar-refractivity contribution in [2.75, 3.05) is 23.8 Å². The van der Waals surface area contributed by atoms with Crippen molar-refractivity contribution in [3.8, 4) is 5.75 Å². The largest absolute Gasteiger partial charge is 0.484 e. The number of hydrogen-bond acceptors (Lipinski definition) is 9. The van der Waals surface area contributed by atoms with Gasteiger partial charge in [0.1, 0.15) is 35.2 Å². The first-order valence-electron chi connectivity index (χ1n) is 14.7. The van der Waals surface area contributed by atoms with Crippen LogP contribution >= 0.6 is 11.8 Å². The van der Waals surface area contributed by atoms with Crippen molar-refractivity contribution < 1.29 is 42.2 Å². The average molecular weight is 668 g/mol. The summed E-state index contributed by atoms with van der Waals surface area (Å²) in [5, 5.41) is 1.69. The number of nitrogens with zero attached hydrogens (tertiary/aromatic N) is 1. The van der Waals surface area contributed by atoms with Crippen molar-refractivity contribution in [3.05, 3.63) is 95.6 Å². The van der Waals surface area contributed by atoms with Crippen molar-refractivity contribution in [2.24, 2.45) is 11.1 Å². The third-order valence-corrected chi connectivity index (χ3v) is 8.33. The molecule has 1 aliphatic rings. The molecule has 2 amide bonds. The number of benzene rings is 3. The molecule has 3 N–H and O–H groups in total. The Balaban J connectivity index is 1.34. The number of carbonyl (C=O) groups is 5. The molecule has 3 aromatic rings. The second-order valence-corrected chi connectivity index (χ2v) is 13.2. The molecule has 0 unspecified atom stereocenters. The Hall–Kier alpha value is -4.62. The number of anilines is 1. The molecular weight excluding hydrogens is 632 g/mol. The van der Waals surface area contributed by atoms with Gasteiger partial charge in [-0.05, 0) is 78.1 Å². The number of nitrogens with two attached hydrogens (primary N) is 1. The first-order chi connectivity index (χ1) is 22.2. The molecule has 0 aliphatic carbocycles. The molecule has 10 nitrogen and oxygen atoms in total. The minimum absolute atomic E-state index is 0.0163. The molecule has 1 fully saturated rings. The quantitative estimate of drug-likeness (QED) is 0.118. The number of Topliss-reactive ketones (excluding diaryl/α,β-unsaturated/α-hetero) is 1. The van der Waals surface area contributed by atoms with Gasteiger partial charge in [0.25, 0.3) is 5.91 Å². The van der Waals surface area contributed by atoms with E-state index < -0.39 is 60.0 Å². The van der Waals surface area contributed by atoms with Gasteiger partial charge in [0, 0.05) is 11.3 Å². The summed E-state index contributed by atoms with van der Waals surface area (Å²) in [6.07, 6.45) is 0.316. The number of ketones is 1. The third-order valence-electron chi connectivity index (χ3n) is 7.08. The number of rotatable bonds is 13. The Bertz CT molecular complexity index is 1610. The third kappa shape index (κ3) is 9.69. The summed E-state index contributed by atoms with van der Waals surface area (Å²) >= 11 is 1.16. The molecule has 4 rings (SSSR count). The smallest absolute Gasteiger partial charge is 0.333 e. The second kappa shape index (κ2) is 15.3.